The number of hydrogen-bond donors (Lipinski definition) is 2. The molecule has 0 aliphatic rings. The van der Waals surface area contributed by atoms with Crippen LogP contribution in [-0.4, -0.2) is 25.7 Å². The zero-order chi connectivity index (χ0) is 21.1. The Morgan fingerprint density at radius 1 is 1.07 bits per heavy atom. The molecule has 0 heterocycles. The summed E-state index contributed by atoms with van der Waals surface area (Å²) in [7, 11) is -4.56. The van der Waals surface area contributed by atoms with Crippen LogP contribution in [0.5, 0.6) is 0 Å². The molecular weight excluding hydrogens is 361 g/mol. The van der Waals surface area contributed by atoms with Crippen molar-refractivity contribution >= 4 is 7.60 Å². The normalized spacial score (nSPS) is 17.0. The molecule has 156 valence electrons. The molecule has 27 heavy (non-hydrogen) atoms. The fourth-order valence-electron chi connectivity index (χ4n) is 4.18. The van der Waals surface area contributed by atoms with Crippen LogP contribution >= 0.6 is 7.60 Å². The number of hydrogen-bond acceptors (Lipinski definition) is 3. The van der Waals surface area contributed by atoms with Crippen molar-refractivity contribution < 1.29 is 19.2 Å². The Hall–Kier alpha value is -0.710. The fourth-order valence-corrected chi connectivity index (χ4v) is 6.08. The smallest absolute Gasteiger partial charge is 0.323 e. The van der Waals surface area contributed by atoms with Crippen molar-refractivity contribution in [3.05, 3.63) is 35.9 Å². The van der Waals surface area contributed by atoms with Crippen LogP contribution in [0, 0.1) is 5.41 Å². The second-order valence-electron chi connectivity index (χ2n) is 8.97. The topological polar surface area (TPSA) is 70.0 Å². The molecule has 1 aromatic rings. The van der Waals surface area contributed by atoms with Crippen molar-refractivity contribution in [1.82, 2.24) is 5.06 Å². The molecule has 6 heteroatoms. The Morgan fingerprint density at radius 3 is 1.96 bits per heavy atom. The Bertz CT molecular complexity index is 635. The fraction of sp³-hybridized carbons (Fsp3) is 0.714. The van der Waals surface area contributed by atoms with Crippen molar-refractivity contribution in [2.45, 2.75) is 91.6 Å². The van der Waals surface area contributed by atoms with Gasteiger partial charge in [0.05, 0.1) is 0 Å². The van der Waals surface area contributed by atoms with Crippen molar-refractivity contribution in [2.75, 3.05) is 0 Å². The van der Waals surface area contributed by atoms with E-state index in [4.69, 9.17) is 4.84 Å². The van der Waals surface area contributed by atoms with Crippen LogP contribution in [0.25, 0.3) is 0 Å². The molecule has 0 saturated carbocycles. The third-order valence-corrected chi connectivity index (χ3v) is 7.48. The number of nitrogens with zero attached hydrogens (tertiary/aromatic N) is 1. The van der Waals surface area contributed by atoms with Gasteiger partial charge in [-0.3, -0.25) is 9.40 Å². The van der Waals surface area contributed by atoms with Gasteiger partial charge in [0.25, 0.3) is 0 Å². The third-order valence-electron chi connectivity index (χ3n) is 5.41. The van der Waals surface area contributed by atoms with Crippen LogP contribution in [0.15, 0.2) is 30.3 Å². The maximum Gasteiger partial charge on any atom is 0.348 e. The summed E-state index contributed by atoms with van der Waals surface area (Å²) in [6.45, 7) is 15.5. The molecule has 0 amide bonds. The number of hydroxylamine groups is 2. The molecule has 0 spiro atoms. The molecule has 2 unspecified atom stereocenters. The van der Waals surface area contributed by atoms with Gasteiger partial charge in [-0.1, -0.05) is 64.4 Å². The van der Waals surface area contributed by atoms with Crippen molar-refractivity contribution in [2.24, 2.45) is 5.41 Å². The summed E-state index contributed by atoms with van der Waals surface area (Å²) in [5.74, 6) is 0. The summed E-state index contributed by atoms with van der Waals surface area (Å²) in [5, 5.41) is 0.172. The van der Waals surface area contributed by atoms with E-state index in [1.807, 2.05) is 85.7 Å². The summed E-state index contributed by atoms with van der Waals surface area (Å²) in [5.41, 5.74) is -0.291. The molecule has 0 bridgehead atoms. The summed E-state index contributed by atoms with van der Waals surface area (Å²) in [4.78, 5) is 27.6. The van der Waals surface area contributed by atoms with E-state index in [1.54, 1.807) is 5.06 Å². The molecule has 2 atom stereocenters. The van der Waals surface area contributed by atoms with Gasteiger partial charge >= 0.3 is 7.60 Å². The first-order chi connectivity index (χ1) is 12.2. The molecule has 0 radical (unpaired) electrons. The van der Waals surface area contributed by atoms with E-state index in [0.717, 1.165) is 12.0 Å². The lowest BCUT2D eigenvalue weighted by molar-refractivity contribution is -0.297. The van der Waals surface area contributed by atoms with Crippen molar-refractivity contribution in [3.8, 4) is 0 Å². The van der Waals surface area contributed by atoms with E-state index in [2.05, 4.69) is 0 Å². The number of rotatable bonds is 9. The van der Waals surface area contributed by atoms with Gasteiger partial charge in [0.2, 0.25) is 0 Å². The first-order valence-electron chi connectivity index (χ1n) is 9.82. The van der Waals surface area contributed by atoms with Crippen LogP contribution in [0.2, 0.25) is 0 Å². The second kappa shape index (κ2) is 8.75. The predicted molar refractivity (Wildman–Crippen MR) is 111 cm³/mol. The molecule has 0 saturated heterocycles. The highest BCUT2D eigenvalue weighted by atomic mass is 31.2. The molecule has 1 rings (SSSR count). The van der Waals surface area contributed by atoms with E-state index in [0.29, 0.717) is 6.42 Å². The minimum absolute atomic E-state index is 0.281. The molecule has 0 fully saturated rings. The van der Waals surface area contributed by atoms with E-state index in [1.165, 1.54) is 0 Å². The summed E-state index contributed by atoms with van der Waals surface area (Å²) >= 11 is 0. The highest BCUT2D eigenvalue weighted by Gasteiger charge is 2.62. The Labute approximate surface area is 165 Å². The first kappa shape index (κ1) is 24.3. The van der Waals surface area contributed by atoms with Gasteiger partial charge in [-0.15, -0.1) is 0 Å². The standard InChI is InChI=1S/C21H38NO4P/c1-9-16-20(7,8)21(10-2,27(23,24)25)22(19(4,5)6)26-17(3)18-14-12-11-13-15-18/h11-15,17H,9-10,16H2,1-8H3,(H2,23,24,25). The molecular formula is C21H38NO4P. The van der Waals surface area contributed by atoms with Crippen LogP contribution in [0.1, 0.15) is 86.3 Å². The van der Waals surface area contributed by atoms with Gasteiger partial charge in [0, 0.05) is 5.54 Å². The minimum Gasteiger partial charge on any atom is -0.323 e. The Morgan fingerprint density at radius 2 is 1.59 bits per heavy atom. The minimum atomic E-state index is -4.56. The molecule has 5 nitrogen and oxygen atoms in total. The van der Waals surface area contributed by atoms with Gasteiger partial charge in [0.1, 0.15) is 6.10 Å². The SMILES string of the molecule is CCCC(C)(C)C(CC)(N(OC(C)c1ccccc1)C(C)(C)C)P(=O)(O)O. The Balaban J connectivity index is 3.56. The average Bonchev–Trinajstić information content (AvgIpc) is 2.53. The molecule has 0 aliphatic carbocycles. The Kier molecular flexibility index (Phi) is 7.89. The van der Waals surface area contributed by atoms with Gasteiger partial charge in [0.15, 0.2) is 5.28 Å². The molecule has 0 aliphatic heterocycles. The van der Waals surface area contributed by atoms with Gasteiger partial charge in [-0.25, -0.2) is 0 Å². The van der Waals surface area contributed by atoms with Crippen LogP contribution in [0.3, 0.4) is 0 Å². The average molecular weight is 400 g/mol. The zero-order valence-corrected chi connectivity index (χ0v) is 19.1. The largest absolute Gasteiger partial charge is 0.348 e. The zero-order valence-electron chi connectivity index (χ0n) is 18.2. The van der Waals surface area contributed by atoms with E-state index >= 15 is 0 Å². The first-order valence-corrected chi connectivity index (χ1v) is 11.4. The monoisotopic (exact) mass is 399 g/mol. The van der Waals surface area contributed by atoms with Crippen molar-refractivity contribution in [3.63, 3.8) is 0 Å². The van der Waals surface area contributed by atoms with Crippen LogP contribution in [-0.2, 0) is 9.40 Å². The van der Waals surface area contributed by atoms with E-state index in [-0.39, 0.29) is 12.5 Å². The van der Waals surface area contributed by atoms with E-state index in [9.17, 15) is 14.4 Å². The highest BCUT2D eigenvalue weighted by Crippen LogP contribution is 2.65. The second-order valence-corrected chi connectivity index (χ2v) is 10.8. The molecule has 2 N–H and O–H groups in total. The summed E-state index contributed by atoms with van der Waals surface area (Å²) < 4.78 is 13.0. The maximum atomic E-state index is 13.0. The predicted octanol–water partition coefficient (Wildman–Crippen LogP) is 5.89. The van der Waals surface area contributed by atoms with E-state index < -0.39 is 23.8 Å². The van der Waals surface area contributed by atoms with Gasteiger partial charge < -0.3 is 9.79 Å². The summed E-state index contributed by atoms with van der Waals surface area (Å²) in [6.07, 6.45) is 1.46. The lowest BCUT2D eigenvalue weighted by atomic mass is 9.77. The van der Waals surface area contributed by atoms with Crippen LogP contribution < -0.4 is 0 Å². The lowest BCUT2D eigenvalue weighted by Gasteiger charge is -2.56. The number of benzene rings is 1. The lowest BCUT2D eigenvalue weighted by Crippen LogP contribution is -2.63. The molecule has 0 aromatic heterocycles. The van der Waals surface area contributed by atoms with Crippen molar-refractivity contribution in [1.29, 1.82) is 0 Å². The maximum absolute atomic E-state index is 13.0. The van der Waals surface area contributed by atoms with Gasteiger partial charge in [-0.2, -0.15) is 5.06 Å². The highest BCUT2D eigenvalue weighted by molar-refractivity contribution is 7.53. The summed E-state index contributed by atoms with van der Waals surface area (Å²) in [6, 6.07) is 9.75. The van der Waals surface area contributed by atoms with Crippen LogP contribution in [0.4, 0.5) is 0 Å². The molecule has 1 aromatic carbocycles. The quantitative estimate of drug-likeness (QED) is 0.400. The van der Waals surface area contributed by atoms with Gasteiger partial charge in [-0.05, 0) is 51.5 Å². The third kappa shape index (κ3) is 5.02.